The van der Waals surface area contributed by atoms with Gasteiger partial charge in [0.15, 0.2) is 0 Å². The highest BCUT2D eigenvalue weighted by Gasteiger charge is 2.13. The van der Waals surface area contributed by atoms with Crippen LogP contribution in [0.2, 0.25) is 5.02 Å². The lowest BCUT2D eigenvalue weighted by Crippen LogP contribution is -2.21. The third-order valence-corrected chi connectivity index (χ3v) is 3.60. The van der Waals surface area contributed by atoms with E-state index >= 15 is 0 Å². The van der Waals surface area contributed by atoms with E-state index in [1.807, 2.05) is 13.0 Å². The molecule has 0 saturated carbocycles. The number of halogens is 2. The highest BCUT2D eigenvalue weighted by molar-refractivity contribution is 6.32. The maximum atomic E-state index is 14.0. The molecule has 0 saturated heterocycles. The Morgan fingerprint density at radius 3 is 2.77 bits per heavy atom. The number of hydrogen-bond acceptors (Lipinski definition) is 2. The predicted octanol–water partition coefficient (Wildman–Crippen LogP) is 3.66. The zero-order chi connectivity index (χ0) is 16.1. The lowest BCUT2D eigenvalue weighted by molar-refractivity contribution is -0.119. The molecule has 1 N–H and O–H groups in total. The topological polar surface area (TPSA) is 38.3 Å². The third kappa shape index (κ3) is 3.98. The summed E-state index contributed by atoms with van der Waals surface area (Å²) in [6.07, 6.45) is 0.106. The monoisotopic (exact) mass is 321 g/mol. The van der Waals surface area contributed by atoms with Crippen LogP contribution < -0.4 is 10.1 Å². The van der Waals surface area contributed by atoms with Crippen LogP contribution in [-0.4, -0.2) is 13.0 Å². The molecule has 3 nitrogen and oxygen atoms in total. The number of ether oxygens (including phenoxy) is 1. The van der Waals surface area contributed by atoms with Crippen molar-refractivity contribution in [2.45, 2.75) is 20.0 Å². The first kappa shape index (κ1) is 16.3. The van der Waals surface area contributed by atoms with Gasteiger partial charge in [-0.05, 0) is 36.2 Å². The normalized spacial score (nSPS) is 10.4. The Hall–Kier alpha value is -2.07. The Kier molecular flexibility index (Phi) is 5.39. The second-order valence-corrected chi connectivity index (χ2v) is 5.36. The first-order valence-electron chi connectivity index (χ1n) is 6.87. The van der Waals surface area contributed by atoms with Gasteiger partial charge in [-0.2, -0.15) is 0 Å². The molecule has 0 spiro atoms. The van der Waals surface area contributed by atoms with Crippen LogP contribution >= 0.6 is 11.6 Å². The van der Waals surface area contributed by atoms with E-state index in [1.54, 1.807) is 31.3 Å². The lowest BCUT2D eigenvalue weighted by atomic mass is 10.0. The molecule has 2 aromatic rings. The van der Waals surface area contributed by atoms with E-state index in [9.17, 15) is 9.18 Å². The van der Waals surface area contributed by atoms with Crippen LogP contribution in [0.1, 0.15) is 16.7 Å². The predicted molar refractivity (Wildman–Crippen MR) is 84.7 cm³/mol. The molecule has 0 unspecified atom stereocenters. The fourth-order valence-electron chi connectivity index (χ4n) is 2.06. The van der Waals surface area contributed by atoms with Crippen molar-refractivity contribution in [3.63, 3.8) is 0 Å². The summed E-state index contributed by atoms with van der Waals surface area (Å²) in [6, 6.07) is 10.0. The fraction of sp³-hybridized carbons (Fsp3) is 0.235. The molecule has 0 radical (unpaired) electrons. The number of likely N-dealkylation sites (N-methyl/N-ethyl adjacent to an activating group) is 1. The lowest BCUT2D eigenvalue weighted by Gasteiger charge is -2.13. The number of rotatable bonds is 5. The van der Waals surface area contributed by atoms with E-state index in [4.69, 9.17) is 16.3 Å². The second-order valence-electron chi connectivity index (χ2n) is 4.95. The zero-order valence-corrected chi connectivity index (χ0v) is 13.2. The van der Waals surface area contributed by atoms with Crippen molar-refractivity contribution in [1.82, 2.24) is 5.32 Å². The molecule has 0 aliphatic heterocycles. The van der Waals surface area contributed by atoms with Gasteiger partial charge < -0.3 is 10.1 Å². The summed E-state index contributed by atoms with van der Waals surface area (Å²) in [7, 11) is 1.55. The van der Waals surface area contributed by atoms with Gasteiger partial charge in [0.2, 0.25) is 5.91 Å². The van der Waals surface area contributed by atoms with E-state index < -0.39 is 5.82 Å². The van der Waals surface area contributed by atoms with Crippen LogP contribution in [0.4, 0.5) is 4.39 Å². The van der Waals surface area contributed by atoms with Crippen molar-refractivity contribution < 1.29 is 13.9 Å². The highest BCUT2D eigenvalue weighted by atomic mass is 35.5. The van der Waals surface area contributed by atoms with Crippen molar-refractivity contribution in [3.05, 3.63) is 63.9 Å². The molecule has 1 amide bonds. The highest BCUT2D eigenvalue weighted by Crippen LogP contribution is 2.27. The van der Waals surface area contributed by atoms with E-state index in [1.165, 1.54) is 6.07 Å². The number of amides is 1. The number of benzene rings is 2. The Labute approximate surface area is 134 Å². The molecule has 0 atom stereocenters. The van der Waals surface area contributed by atoms with E-state index in [0.29, 0.717) is 21.9 Å². The SMILES string of the molecule is CNC(=O)Cc1cccc(F)c1COc1ccc(C)cc1Cl. The maximum Gasteiger partial charge on any atom is 0.224 e. The Morgan fingerprint density at radius 2 is 2.09 bits per heavy atom. The summed E-state index contributed by atoms with van der Waals surface area (Å²) < 4.78 is 19.6. The van der Waals surface area contributed by atoms with Gasteiger partial charge in [0.05, 0.1) is 11.4 Å². The molecule has 0 heterocycles. The molecule has 22 heavy (non-hydrogen) atoms. The molecule has 0 aliphatic carbocycles. The zero-order valence-electron chi connectivity index (χ0n) is 12.5. The van der Waals surface area contributed by atoms with Crippen LogP contribution in [0.15, 0.2) is 36.4 Å². The Balaban J connectivity index is 2.19. The molecule has 0 bridgehead atoms. The Morgan fingerprint density at radius 1 is 1.32 bits per heavy atom. The van der Waals surface area contributed by atoms with E-state index in [-0.39, 0.29) is 18.9 Å². The van der Waals surface area contributed by atoms with Crippen molar-refractivity contribution >= 4 is 17.5 Å². The minimum Gasteiger partial charge on any atom is -0.487 e. The quantitative estimate of drug-likeness (QED) is 0.912. The molecule has 2 aromatic carbocycles. The molecular formula is C17H17ClFNO2. The van der Waals surface area contributed by atoms with Crippen LogP contribution in [0.5, 0.6) is 5.75 Å². The summed E-state index contributed by atoms with van der Waals surface area (Å²) in [5.41, 5.74) is 1.98. The summed E-state index contributed by atoms with van der Waals surface area (Å²) in [6.45, 7) is 1.94. The summed E-state index contributed by atoms with van der Waals surface area (Å²) >= 11 is 6.10. The first-order chi connectivity index (χ1) is 10.5. The van der Waals surface area contributed by atoms with Gasteiger partial charge in [-0.1, -0.05) is 29.8 Å². The molecule has 0 fully saturated rings. The van der Waals surface area contributed by atoms with Crippen LogP contribution in [-0.2, 0) is 17.8 Å². The number of carbonyl (C=O) groups excluding carboxylic acids is 1. The first-order valence-corrected chi connectivity index (χ1v) is 7.25. The maximum absolute atomic E-state index is 14.0. The van der Waals surface area contributed by atoms with Crippen molar-refractivity contribution in [3.8, 4) is 5.75 Å². The standard InChI is InChI=1S/C17H17ClFNO2/c1-11-6-7-16(14(18)8-11)22-10-13-12(9-17(21)20-2)4-3-5-15(13)19/h3-8H,9-10H2,1-2H3,(H,20,21). The van der Waals surface area contributed by atoms with Gasteiger partial charge in [-0.3, -0.25) is 4.79 Å². The third-order valence-electron chi connectivity index (χ3n) is 3.31. The molecule has 116 valence electrons. The summed E-state index contributed by atoms with van der Waals surface area (Å²) in [5, 5.41) is 3.00. The fourth-order valence-corrected chi connectivity index (χ4v) is 2.35. The van der Waals surface area contributed by atoms with Gasteiger partial charge in [0, 0.05) is 12.6 Å². The smallest absolute Gasteiger partial charge is 0.224 e. The van der Waals surface area contributed by atoms with E-state index in [0.717, 1.165) is 5.56 Å². The van der Waals surface area contributed by atoms with Crippen LogP contribution in [0.3, 0.4) is 0 Å². The average molecular weight is 322 g/mol. The second kappa shape index (κ2) is 7.27. The van der Waals surface area contributed by atoms with Gasteiger partial charge >= 0.3 is 0 Å². The van der Waals surface area contributed by atoms with Gasteiger partial charge in [-0.15, -0.1) is 0 Å². The number of carbonyl (C=O) groups is 1. The molecular weight excluding hydrogens is 305 g/mol. The minimum absolute atomic E-state index is 0.0157. The minimum atomic E-state index is -0.398. The van der Waals surface area contributed by atoms with Crippen LogP contribution in [0, 0.1) is 12.7 Å². The van der Waals surface area contributed by atoms with Crippen LogP contribution in [0.25, 0.3) is 0 Å². The van der Waals surface area contributed by atoms with Crippen molar-refractivity contribution in [2.75, 3.05) is 7.05 Å². The molecule has 5 heteroatoms. The number of hydrogen-bond donors (Lipinski definition) is 1. The average Bonchev–Trinajstić information content (AvgIpc) is 2.48. The van der Waals surface area contributed by atoms with E-state index in [2.05, 4.69) is 5.32 Å². The molecule has 0 aromatic heterocycles. The van der Waals surface area contributed by atoms with Gasteiger partial charge in [0.25, 0.3) is 0 Å². The van der Waals surface area contributed by atoms with Crippen molar-refractivity contribution in [2.24, 2.45) is 0 Å². The summed E-state index contributed by atoms with van der Waals surface area (Å²) in [4.78, 5) is 11.5. The van der Waals surface area contributed by atoms with Gasteiger partial charge in [-0.25, -0.2) is 4.39 Å². The Bertz CT molecular complexity index is 688. The largest absolute Gasteiger partial charge is 0.487 e. The summed E-state index contributed by atoms with van der Waals surface area (Å²) in [5.74, 6) is -0.0914. The number of nitrogens with one attached hydrogen (secondary N) is 1. The van der Waals surface area contributed by atoms with Gasteiger partial charge in [0.1, 0.15) is 18.2 Å². The van der Waals surface area contributed by atoms with Crippen molar-refractivity contribution in [1.29, 1.82) is 0 Å². The number of aryl methyl sites for hydroxylation is 1. The molecule has 0 aliphatic rings. The molecule has 2 rings (SSSR count).